The van der Waals surface area contributed by atoms with E-state index in [1.165, 1.54) is 25.0 Å². The van der Waals surface area contributed by atoms with Gasteiger partial charge in [0.05, 0.1) is 0 Å². The Morgan fingerprint density at radius 1 is 1.24 bits per heavy atom. The fourth-order valence-electron chi connectivity index (χ4n) is 1.69. The van der Waals surface area contributed by atoms with Gasteiger partial charge in [-0.1, -0.05) is 5.16 Å². The Labute approximate surface area is 97.7 Å². The highest BCUT2D eigenvalue weighted by Crippen LogP contribution is 2.33. The molecular formula is C12H12N2O3. The van der Waals surface area contributed by atoms with E-state index in [9.17, 15) is 10.2 Å². The number of phenols is 2. The van der Waals surface area contributed by atoms with Crippen LogP contribution in [0.3, 0.4) is 0 Å². The first-order chi connectivity index (χ1) is 8.22. The second-order valence-electron chi connectivity index (χ2n) is 4.37. The molecule has 3 rings (SSSR count). The lowest BCUT2D eigenvalue weighted by Gasteiger charge is -1.98. The van der Waals surface area contributed by atoms with Gasteiger partial charge in [0.1, 0.15) is 0 Å². The van der Waals surface area contributed by atoms with Crippen LogP contribution in [0.15, 0.2) is 22.7 Å². The summed E-state index contributed by atoms with van der Waals surface area (Å²) in [6.07, 6.45) is 3.33. The molecule has 1 fully saturated rings. The molecule has 1 aromatic heterocycles. The van der Waals surface area contributed by atoms with E-state index < -0.39 is 0 Å². The summed E-state index contributed by atoms with van der Waals surface area (Å²) in [4.78, 5) is 4.26. The molecule has 0 aliphatic heterocycles. The van der Waals surface area contributed by atoms with Crippen LogP contribution in [0.1, 0.15) is 18.7 Å². The van der Waals surface area contributed by atoms with Gasteiger partial charge in [0.15, 0.2) is 17.3 Å². The highest BCUT2D eigenvalue weighted by molar-refractivity contribution is 5.58. The minimum absolute atomic E-state index is 0.161. The van der Waals surface area contributed by atoms with E-state index in [1.807, 2.05) is 0 Å². The quantitative estimate of drug-likeness (QED) is 0.792. The van der Waals surface area contributed by atoms with Crippen molar-refractivity contribution in [2.24, 2.45) is 5.92 Å². The highest BCUT2D eigenvalue weighted by atomic mass is 16.5. The Morgan fingerprint density at radius 2 is 2.06 bits per heavy atom. The average molecular weight is 232 g/mol. The Balaban J connectivity index is 1.86. The molecule has 0 bridgehead atoms. The van der Waals surface area contributed by atoms with Gasteiger partial charge in [-0.05, 0) is 37.0 Å². The molecule has 1 aliphatic rings. The molecule has 0 spiro atoms. The number of aromatic nitrogens is 2. The SMILES string of the molecule is Oc1ccc(-c2nc(CC3CC3)no2)cc1O. The van der Waals surface area contributed by atoms with Crippen molar-refractivity contribution in [1.82, 2.24) is 10.1 Å². The van der Waals surface area contributed by atoms with Crippen LogP contribution < -0.4 is 0 Å². The number of phenolic OH excluding ortho intramolecular Hbond substituents is 2. The minimum Gasteiger partial charge on any atom is -0.504 e. The van der Waals surface area contributed by atoms with E-state index >= 15 is 0 Å². The number of nitrogens with zero attached hydrogens (tertiary/aromatic N) is 2. The zero-order chi connectivity index (χ0) is 11.8. The van der Waals surface area contributed by atoms with E-state index in [1.54, 1.807) is 6.07 Å². The summed E-state index contributed by atoms with van der Waals surface area (Å²) in [5, 5.41) is 22.5. The van der Waals surface area contributed by atoms with Crippen LogP contribution in [-0.4, -0.2) is 20.4 Å². The maximum absolute atomic E-state index is 9.38. The van der Waals surface area contributed by atoms with E-state index in [0.29, 0.717) is 23.2 Å². The lowest BCUT2D eigenvalue weighted by Crippen LogP contribution is -1.89. The van der Waals surface area contributed by atoms with Crippen molar-refractivity contribution in [3.63, 3.8) is 0 Å². The summed E-state index contributed by atoms with van der Waals surface area (Å²) in [5.41, 5.74) is 0.606. The first-order valence-electron chi connectivity index (χ1n) is 5.57. The molecular weight excluding hydrogens is 220 g/mol. The maximum Gasteiger partial charge on any atom is 0.258 e. The minimum atomic E-state index is -0.190. The van der Waals surface area contributed by atoms with Crippen LogP contribution in [0.2, 0.25) is 0 Å². The van der Waals surface area contributed by atoms with Crippen molar-refractivity contribution in [2.75, 3.05) is 0 Å². The largest absolute Gasteiger partial charge is 0.504 e. The van der Waals surface area contributed by atoms with Gasteiger partial charge in [0.2, 0.25) is 0 Å². The van der Waals surface area contributed by atoms with Gasteiger partial charge in [0.25, 0.3) is 5.89 Å². The first kappa shape index (κ1) is 10.1. The number of hydrogen-bond donors (Lipinski definition) is 2. The standard InChI is InChI=1S/C12H12N2O3/c15-9-4-3-8(6-10(9)16)12-13-11(14-17-12)5-7-1-2-7/h3-4,6-7,15-16H,1-2,5H2. The van der Waals surface area contributed by atoms with Gasteiger partial charge >= 0.3 is 0 Å². The van der Waals surface area contributed by atoms with Gasteiger partial charge in [-0.15, -0.1) is 0 Å². The summed E-state index contributed by atoms with van der Waals surface area (Å²) in [7, 11) is 0. The molecule has 1 heterocycles. The fourth-order valence-corrected chi connectivity index (χ4v) is 1.69. The Kier molecular flexibility index (Phi) is 2.24. The van der Waals surface area contributed by atoms with Crippen LogP contribution in [0.4, 0.5) is 0 Å². The zero-order valence-electron chi connectivity index (χ0n) is 9.13. The second kappa shape index (κ2) is 3.76. The van der Waals surface area contributed by atoms with Crippen LogP contribution >= 0.6 is 0 Å². The predicted molar refractivity (Wildman–Crippen MR) is 59.5 cm³/mol. The number of aromatic hydroxyl groups is 2. The van der Waals surface area contributed by atoms with Crippen LogP contribution in [0, 0.1) is 5.92 Å². The van der Waals surface area contributed by atoms with Gasteiger partial charge in [0, 0.05) is 12.0 Å². The molecule has 0 unspecified atom stereocenters. The molecule has 0 atom stereocenters. The molecule has 17 heavy (non-hydrogen) atoms. The molecule has 88 valence electrons. The summed E-state index contributed by atoms with van der Waals surface area (Å²) in [6, 6.07) is 4.43. The monoisotopic (exact) mass is 232 g/mol. The van der Waals surface area contributed by atoms with Crippen LogP contribution in [0.5, 0.6) is 11.5 Å². The van der Waals surface area contributed by atoms with Gasteiger partial charge < -0.3 is 14.7 Å². The van der Waals surface area contributed by atoms with Crippen molar-refractivity contribution >= 4 is 0 Å². The van der Waals surface area contributed by atoms with Crippen LogP contribution in [0.25, 0.3) is 11.5 Å². The van der Waals surface area contributed by atoms with E-state index in [2.05, 4.69) is 10.1 Å². The smallest absolute Gasteiger partial charge is 0.258 e. The Hall–Kier alpha value is -2.04. The molecule has 2 aromatic rings. The van der Waals surface area contributed by atoms with Crippen molar-refractivity contribution in [3.05, 3.63) is 24.0 Å². The lowest BCUT2D eigenvalue weighted by molar-refractivity contribution is 0.402. The van der Waals surface area contributed by atoms with E-state index in [-0.39, 0.29) is 11.5 Å². The van der Waals surface area contributed by atoms with E-state index in [0.717, 1.165) is 6.42 Å². The average Bonchev–Trinajstić information content (AvgIpc) is 2.99. The van der Waals surface area contributed by atoms with E-state index in [4.69, 9.17) is 4.52 Å². The third-order valence-corrected chi connectivity index (χ3v) is 2.86. The zero-order valence-corrected chi connectivity index (χ0v) is 9.13. The summed E-state index contributed by atoms with van der Waals surface area (Å²) in [6.45, 7) is 0. The summed E-state index contributed by atoms with van der Waals surface area (Å²) >= 11 is 0. The molecule has 1 aliphatic carbocycles. The third-order valence-electron chi connectivity index (χ3n) is 2.86. The normalized spacial score (nSPS) is 15.1. The van der Waals surface area contributed by atoms with Crippen molar-refractivity contribution in [2.45, 2.75) is 19.3 Å². The molecule has 0 saturated heterocycles. The summed E-state index contributed by atoms with van der Waals surface area (Å²) in [5.74, 6) is 1.43. The maximum atomic E-state index is 9.38. The summed E-state index contributed by atoms with van der Waals surface area (Å²) < 4.78 is 5.12. The second-order valence-corrected chi connectivity index (χ2v) is 4.37. The van der Waals surface area contributed by atoms with Crippen LogP contribution in [-0.2, 0) is 6.42 Å². The molecule has 5 nitrogen and oxygen atoms in total. The Morgan fingerprint density at radius 3 is 2.76 bits per heavy atom. The number of hydrogen-bond acceptors (Lipinski definition) is 5. The molecule has 1 saturated carbocycles. The van der Waals surface area contributed by atoms with Crippen molar-refractivity contribution < 1.29 is 14.7 Å². The molecule has 2 N–H and O–H groups in total. The third kappa shape index (κ3) is 2.08. The van der Waals surface area contributed by atoms with Crippen molar-refractivity contribution in [1.29, 1.82) is 0 Å². The predicted octanol–water partition coefficient (Wildman–Crippen LogP) is 2.10. The van der Waals surface area contributed by atoms with Gasteiger partial charge in [-0.2, -0.15) is 4.98 Å². The first-order valence-corrected chi connectivity index (χ1v) is 5.57. The van der Waals surface area contributed by atoms with Crippen molar-refractivity contribution in [3.8, 4) is 23.0 Å². The fraction of sp³-hybridized carbons (Fsp3) is 0.333. The molecule has 1 aromatic carbocycles. The number of rotatable bonds is 3. The lowest BCUT2D eigenvalue weighted by atomic mass is 10.2. The topological polar surface area (TPSA) is 79.4 Å². The molecule has 0 radical (unpaired) electrons. The van der Waals surface area contributed by atoms with Gasteiger partial charge in [-0.3, -0.25) is 0 Å². The van der Waals surface area contributed by atoms with Gasteiger partial charge in [-0.25, -0.2) is 0 Å². The highest BCUT2D eigenvalue weighted by Gasteiger charge is 2.24. The Bertz CT molecular complexity index is 546. The molecule has 5 heteroatoms. The number of benzene rings is 1. The molecule has 0 amide bonds.